The first-order valence-corrected chi connectivity index (χ1v) is 7.92. The molecule has 7 heteroatoms. The molecule has 0 fully saturated rings. The highest BCUT2D eigenvalue weighted by Crippen LogP contribution is 2.28. The molecule has 0 amide bonds. The second-order valence-corrected chi connectivity index (χ2v) is 6.70. The predicted molar refractivity (Wildman–Crippen MR) is 72.6 cm³/mol. The van der Waals surface area contributed by atoms with Crippen molar-refractivity contribution in [3.8, 4) is 0 Å². The third-order valence-corrected chi connectivity index (χ3v) is 5.40. The summed E-state index contributed by atoms with van der Waals surface area (Å²) in [6.45, 7) is 0. The Kier molecular flexibility index (Phi) is 3.93. The molecule has 0 saturated carbocycles. The van der Waals surface area contributed by atoms with Crippen molar-refractivity contribution in [3.63, 3.8) is 0 Å². The summed E-state index contributed by atoms with van der Waals surface area (Å²) in [5, 5.41) is 3.31. The SMILES string of the molecule is COC(=O)c1cscc1S(=O)(=O)c1ccc(Cl)cc1. The number of rotatable bonds is 3. The van der Waals surface area contributed by atoms with Crippen molar-refractivity contribution >= 4 is 38.7 Å². The summed E-state index contributed by atoms with van der Waals surface area (Å²) in [4.78, 5) is 11.6. The lowest BCUT2D eigenvalue weighted by molar-refractivity contribution is 0.0597. The first-order chi connectivity index (χ1) is 8.96. The molecule has 0 bridgehead atoms. The van der Waals surface area contributed by atoms with E-state index in [2.05, 4.69) is 4.74 Å². The largest absolute Gasteiger partial charge is 0.465 e. The van der Waals surface area contributed by atoms with Gasteiger partial charge in [-0.15, -0.1) is 0 Å². The smallest absolute Gasteiger partial charge is 0.340 e. The van der Waals surface area contributed by atoms with Gasteiger partial charge in [0.1, 0.15) is 0 Å². The first-order valence-electron chi connectivity index (χ1n) is 5.12. The van der Waals surface area contributed by atoms with E-state index in [0.717, 1.165) is 11.3 Å². The standard InChI is InChI=1S/C12H9ClO4S2/c1-17-12(14)10-6-18-7-11(10)19(15,16)9-4-2-8(13)3-5-9/h2-7H,1H3. The van der Waals surface area contributed by atoms with Crippen molar-refractivity contribution < 1.29 is 17.9 Å². The number of sulfone groups is 1. The lowest BCUT2D eigenvalue weighted by Gasteiger charge is -2.05. The van der Waals surface area contributed by atoms with Crippen LogP contribution in [-0.4, -0.2) is 21.5 Å². The van der Waals surface area contributed by atoms with Crippen LogP contribution in [0.1, 0.15) is 10.4 Å². The van der Waals surface area contributed by atoms with E-state index in [1.807, 2.05) is 0 Å². The van der Waals surface area contributed by atoms with Crippen LogP contribution in [0.5, 0.6) is 0 Å². The Hall–Kier alpha value is -1.37. The Labute approximate surface area is 119 Å². The minimum absolute atomic E-state index is 0.0439. The van der Waals surface area contributed by atoms with E-state index in [-0.39, 0.29) is 15.4 Å². The van der Waals surface area contributed by atoms with Gasteiger partial charge in [-0.25, -0.2) is 13.2 Å². The Bertz CT molecular complexity index is 702. The monoisotopic (exact) mass is 316 g/mol. The topological polar surface area (TPSA) is 60.4 Å². The summed E-state index contributed by atoms with van der Waals surface area (Å²) in [6.07, 6.45) is 0. The maximum Gasteiger partial charge on any atom is 0.340 e. The summed E-state index contributed by atoms with van der Waals surface area (Å²) in [7, 11) is -2.54. The van der Waals surface area contributed by atoms with Gasteiger partial charge in [0, 0.05) is 15.8 Å². The molecule has 0 unspecified atom stereocenters. The van der Waals surface area contributed by atoms with Crippen LogP contribution < -0.4 is 0 Å². The Morgan fingerprint density at radius 3 is 2.42 bits per heavy atom. The second kappa shape index (κ2) is 5.32. The van der Waals surface area contributed by atoms with Crippen LogP contribution in [0.15, 0.2) is 44.8 Å². The number of halogens is 1. The van der Waals surface area contributed by atoms with Crippen molar-refractivity contribution in [2.75, 3.05) is 7.11 Å². The molecule has 1 aromatic carbocycles. The lowest BCUT2D eigenvalue weighted by atomic mass is 10.3. The minimum Gasteiger partial charge on any atom is -0.465 e. The fourth-order valence-corrected chi connectivity index (χ4v) is 4.22. The Morgan fingerprint density at radius 2 is 1.84 bits per heavy atom. The van der Waals surface area contributed by atoms with Gasteiger partial charge in [-0.3, -0.25) is 0 Å². The number of benzene rings is 1. The van der Waals surface area contributed by atoms with E-state index >= 15 is 0 Å². The highest BCUT2D eigenvalue weighted by atomic mass is 35.5. The molecule has 0 radical (unpaired) electrons. The molecule has 0 spiro atoms. The van der Waals surface area contributed by atoms with Crippen molar-refractivity contribution in [2.45, 2.75) is 9.79 Å². The van der Waals surface area contributed by atoms with Crippen LogP contribution in [0, 0.1) is 0 Å². The lowest BCUT2D eigenvalue weighted by Crippen LogP contribution is -2.08. The predicted octanol–water partition coefficient (Wildman–Crippen LogP) is 3.02. The zero-order valence-corrected chi connectivity index (χ0v) is 12.2. The number of carbonyl (C=O) groups excluding carboxylic acids is 1. The number of hydrogen-bond acceptors (Lipinski definition) is 5. The van der Waals surface area contributed by atoms with Gasteiger partial charge in [0.25, 0.3) is 0 Å². The number of ether oxygens (including phenoxy) is 1. The van der Waals surface area contributed by atoms with Crippen LogP contribution in [0.4, 0.5) is 0 Å². The number of methoxy groups -OCH3 is 1. The summed E-state index contributed by atoms with van der Waals surface area (Å²) >= 11 is 6.85. The van der Waals surface area contributed by atoms with E-state index in [0.29, 0.717) is 5.02 Å². The molecular formula is C12H9ClO4S2. The van der Waals surface area contributed by atoms with Crippen molar-refractivity contribution in [3.05, 3.63) is 45.6 Å². The Morgan fingerprint density at radius 1 is 1.21 bits per heavy atom. The van der Waals surface area contributed by atoms with Crippen LogP contribution >= 0.6 is 22.9 Å². The highest BCUT2D eigenvalue weighted by Gasteiger charge is 2.25. The van der Waals surface area contributed by atoms with Crippen LogP contribution in [0.3, 0.4) is 0 Å². The van der Waals surface area contributed by atoms with Crippen LogP contribution in [-0.2, 0) is 14.6 Å². The van der Waals surface area contributed by atoms with E-state index in [9.17, 15) is 13.2 Å². The summed E-state index contributed by atoms with van der Waals surface area (Å²) in [6, 6.07) is 5.77. The van der Waals surface area contributed by atoms with Gasteiger partial charge < -0.3 is 4.74 Å². The van der Waals surface area contributed by atoms with E-state index in [4.69, 9.17) is 11.6 Å². The van der Waals surface area contributed by atoms with Crippen molar-refractivity contribution in [1.29, 1.82) is 0 Å². The van der Waals surface area contributed by atoms with Gasteiger partial charge in [0.2, 0.25) is 9.84 Å². The molecule has 100 valence electrons. The number of thiophene rings is 1. The molecule has 2 rings (SSSR count). The van der Waals surface area contributed by atoms with Gasteiger partial charge in [-0.05, 0) is 24.3 Å². The maximum atomic E-state index is 12.4. The summed E-state index contributed by atoms with van der Waals surface area (Å²) in [5.41, 5.74) is 0.0439. The molecular weight excluding hydrogens is 308 g/mol. The maximum absolute atomic E-state index is 12.4. The van der Waals surface area contributed by atoms with Crippen LogP contribution in [0.25, 0.3) is 0 Å². The summed E-state index contributed by atoms with van der Waals surface area (Å²) in [5.74, 6) is -0.672. The second-order valence-electron chi connectivity index (χ2n) is 3.60. The number of esters is 1. The quantitative estimate of drug-likeness (QED) is 0.817. The van der Waals surface area contributed by atoms with Crippen molar-refractivity contribution in [1.82, 2.24) is 0 Å². The van der Waals surface area contributed by atoms with E-state index < -0.39 is 15.8 Å². The van der Waals surface area contributed by atoms with Gasteiger partial charge >= 0.3 is 5.97 Å². The first kappa shape index (κ1) is 14.0. The third-order valence-electron chi connectivity index (χ3n) is 2.45. The molecule has 0 aliphatic heterocycles. The third kappa shape index (κ3) is 2.65. The van der Waals surface area contributed by atoms with Crippen molar-refractivity contribution in [2.24, 2.45) is 0 Å². The fraction of sp³-hybridized carbons (Fsp3) is 0.0833. The molecule has 0 saturated heterocycles. The summed E-state index contributed by atoms with van der Waals surface area (Å²) < 4.78 is 29.4. The molecule has 0 aliphatic rings. The molecule has 0 atom stereocenters. The molecule has 0 aliphatic carbocycles. The van der Waals surface area contributed by atoms with E-state index in [1.54, 1.807) is 0 Å². The number of carbonyl (C=O) groups is 1. The zero-order chi connectivity index (χ0) is 14.0. The zero-order valence-electron chi connectivity index (χ0n) is 9.79. The Balaban J connectivity index is 2.54. The van der Waals surface area contributed by atoms with Gasteiger partial charge in [0.15, 0.2) is 0 Å². The molecule has 1 aromatic heterocycles. The van der Waals surface area contributed by atoms with Gasteiger partial charge in [-0.1, -0.05) is 11.6 Å². The van der Waals surface area contributed by atoms with Crippen LogP contribution in [0.2, 0.25) is 5.02 Å². The van der Waals surface area contributed by atoms with Gasteiger partial charge in [-0.2, -0.15) is 11.3 Å². The number of hydrogen-bond donors (Lipinski definition) is 0. The molecule has 19 heavy (non-hydrogen) atoms. The molecule has 2 aromatic rings. The van der Waals surface area contributed by atoms with E-state index in [1.165, 1.54) is 42.1 Å². The molecule has 0 N–H and O–H groups in total. The normalized spacial score (nSPS) is 11.3. The molecule has 4 nitrogen and oxygen atoms in total. The van der Waals surface area contributed by atoms with Gasteiger partial charge in [0.05, 0.1) is 22.5 Å². The fourth-order valence-electron chi connectivity index (χ4n) is 1.49. The average Bonchev–Trinajstić information content (AvgIpc) is 2.88. The minimum atomic E-state index is -3.75. The highest BCUT2D eigenvalue weighted by molar-refractivity contribution is 7.91. The average molecular weight is 317 g/mol. The molecule has 1 heterocycles.